The Morgan fingerprint density at radius 3 is 2.45 bits per heavy atom. The summed E-state index contributed by atoms with van der Waals surface area (Å²) in [6.45, 7) is 0. The summed E-state index contributed by atoms with van der Waals surface area (Å²) in [5.41, 5.74) is -0.585. The van der Waals surface area contributed by atoms with Crippen LogP contribution in [-0.4, -0.2) is 22.2 Å². The van der Waals surface area contributed by atoms with Crippen LogP contribution in [0.4, 0.5) is 11.4 Å². The maximum absolute atomic E-state index is 11.6. The summed E-state index contributed by atoms with van der Waals surface area (Å²) in [5.74, 6) is -2.51. The third kappa shape index (κ3) is 3.18. The van der Waals surface area contributed by atoms with Crippen molar-refractivity contribution < 1.29 is 25.0 Å². The van der Waals surface area contributed by atoms with E-state index in [-0.39, 0.29) is 16.9 Å². The van der Waals surface area contributed by atoms with Gasteiger partial charge in [-0.3, -0.25) is 15.1 Å². The van der Waals surface area contributed by atoms with Gasteiger partial charge in [0.1, 0.15) is 0 Å². The number of carboxylic acids is 1. The molecule has 0 aliphatic carbocycles. The first kappa shape index (κ1) is 15.0. The first-order valence-corrected chi connectivity index (χ1v) is 5.92. The number of carbonyl (C=O) groups is 1. The van der Waals surface area contributed by atoms with Crippen molar-refractivity contribution in [1.82, 2.24) is 0 Å². The molecule has 2 rings (SSSR count). The van der Waals surface area contributed by atoms with Gasteiger partial charge in [0.15, 0.2) is 0 Å². The molecular weight excluding hydrogens is 292 g/mol. The lowest BCUT2D eigenvalue weighted by Gasteiger charge is -2.10. The lowest BCUT2D eigenvalue weighted by Crippen LogP contribution is -2.03. The van der Waals surface area contributed by atoms with Crippen molar-refractivity contribution in [1.29, 1.82) is 0 Å². The standard InChI is InChI=1S/C14H10N2O6/c17-12-4-2-10(16(21)22)5-8(12)7-15-9-1-3-13(18)11(6-9)14(19)20/h1-7,17-18H,(H,19,20)/p-2. The molecule has 8 heteroatoms. The summed E-state index contributed by atoms with van der Waals surface area (Å²) < 4.78 is 0. The van der Waals surface area contributed by atoms with Crippen LogP contribution in [0.2, 0.25) is 0 Å². The molecule has 0 unspecified atom stereocenters. The minimum Gasteiger partial charge on any atom is -0.872 e. The van der Waals surface area contributed by atoms with Gasteiger partial charge in [-0.15, -0.1) is 0 Å². The number of benzene rings is 2. The number of carboxylic acid groups (broad SMARTS) is 1. The molecule has 112 valence electrons. The Hall–Kier alpha value is -3.42. The minimum atomic E-state index is -1.39. The van der Waals surface area contributed by atoms with E-state index in [9.17, 15) is 25.1 Å². The second kappa shape index (κ2) is 5.92. The van der Waals surface area contributed by atoms with Gasteiger partial charge >= 0.3 is 5.97 Å². The second-order valence-corrected chi connectivity index (χ2v) is 4.22. The average molecular weight is 300 g/mol. The molecule has 0 aromatic heterocycles. The van der Waals surface area contributed by atoms with E-state index < -0.39 is 28.0 Å². The van der Waals surface area contributed by atoms with Crippen LogP contribution in [0.15, 0.2) is 41.4 Å². The number of aliphatic imine (C=N–C) groups is 1. The predicted molar refractivity (Wildman–Crippen MR) is 72.6 cm³/mol. The van der Waals surface area contributed by atoms with E-state index >= 15 is 0 Å². The van der Waals surface area contributed by atoms with Crippen LogP contribution < -0.4 is 10.2 Å². The van der Waals surface area contributed by atoms with Gasteiger partial charge in [0.05, 0.1) is 16.2 Å². The number of aromatic carboxylic acids is 1. The second-order valence-electron chi connectivity index (χ2n) is 4.22. The lowest BCUT2D eigenvalue weighted by atomic mass is 10.1. The molecule has 2 aromatic rings. The van der Waals surface area contributed by atoms with Gasteiger partial charge in [-0.25, -0.2) is 4.79 Å². The fourth-order valence-electron chi connectivity index (χ4n) is 1.66. The topological polar surface area (TPSA) is 139 Å². The summed E-state index contributed by atoms with van der Waals surface area (Å²) in [6, 6.07) is 6.57. The molecular formula is C14H8N2O6-2. The molecule has 0 aliphatic heterocycles. The van der Waals surface area contributed by atoms with Crippen LogP contribution in [0.1, 0.15) is 15.9 Å². The SMILES string of the molecule is O=C(O)c1cc(N=Cc2cc([N+](=O)[O-])ccc2[O-])ccc1[O-]. The first-order valence-electron chi connectivity index (χ1n) is 5.92. The first-order chi connectivity index (χ1) is 10.4. The summed E-state index contributed by atoms with van der Waals surface area (Å²) in [4.78, 5) is 24.7. The Labute approximate surface area is 123 Å². The number of nitro groups is 1. The van der Waals surface area contributed by atoms with Gasteiger partial charge in [-0.2, -0.15) is 0 Å². The van der Waals surface area contributed by atoms with Crippen LogP contribution in [-0.2, 0) is 0 Å². The molecule has 0 saturated carbocycles. The van der Waals surface area contributed by atoms with Crippen molar-refractivity contribution in [2.24, 2.45) is 4.99 Å². The Morgan fingerprint density at radius 1 is 1.14 bits per heavy atom. The summed E-state index contributed by atoms with van der Waals surface area (Å²) in [5, 5.41) is 42.4. The lowest BCUT2D eigenvalue weighted by molar-refractivity contribution is -0.385. The fourth-order valence-corrected chi connectivity index (χ4v) is 1.66. The average Bonchev–Trinajstić information content (AvgIpc) is 2.47. The number of nitro benzene ring substituents is 1. The molecule has 8 nitrogen and oxygen atoms in total. The van der Waals surface area contributed by atoms with Gasteiger partial charge in [0.25, 0.3) is 5.69 Å². The molecule has 0 radical (unpaired) electrons. The van der Waals surface area contributed by atoms with Crippen molar-refractivity contribution in [3.63, 3.8) is 0 Å². The molecule has 0 spiro atoms. The van der Waals surface area contributed by atoms with Crippen LogP contribution in [0.5, 0.6) is 11.5 Å². The van der Waals surface area contributed by atoms with E-state index in [2.05, 4.69) is 4.99 Å². The van der Waals surface area contributed by atoms with Crippen LogP contribution >= 0.6 is 0 Å². The number of rotatable bonds is 4. The van der Waals surface area contributed by atoms with Gasteiger partial charge in [-0.1, -0.05) is 23.6 Å². The van der Waals surface area contributed by atoms with E-state index in [1.54, 1.807) is 0 Å². The Balaban J connectivity index is 2.36. The quantitative estimate of drug-likeness (QED) is 0.511. The van der Waals surface area contributed by atoms with Crippen molar-refractivity contribution >= 4 is 23.6 Å². The zero-order valence-corrected chi connectivity index (χ0v) is 10.9. The molecule has 2 aromatic carbocycles. The summed E-state index contributed by atoms with van der Waals surface area (Å²) in [7, 11) is 0. The number of hydrogen-bond donors (Lipinski definition) is 1. The van der Waals surface area contributed by atoms with Gasteiger partial charge in [0.2, 0.25) is 0 Å². The Morgan fingerprint density at radius 2 is 1.82 bits per heavy atom. The van der Waals surface area contributed by atoms with E-state index in [1.807, 2.05) is 0 Å². The zero-order valence-electron chi connectivity index (χ0n) is 10.9. The Kier molecular flexibility index (Phi) is 4.03. The van der Waals surface area contributed by atoms with Crippen molar-refractivity contribution in [3.8, 4) is 11.5 Å². The number of hydrogen-bond acceptors (Lipinski definition) is 6. The van der Waals surface area contributed by atoms with Gasteiger partial charge in [0, 0.05) is 18.3 Å². The van der Waals surface area contributed by atoms with E-state index in [0.29, 0.717) is 0 Å². The third-order valence-corrected chi connectivity index (χ3v) is 2.75. The fraction of sp³-hybridized carbons (Fsp3) is 0. The van der Waals surface area contributed by atoms with Crippen molar-refractivity contribution in [2.45, 2.75) is 0 Å². The predicted octanol–water partition coefficient (Wildman–Crippen LogP) is 1.19. The summed E-state index contributed by atoms with van der Waals surface area (Å²) in [6.07, 6.45) is 1.08. The third-order valence-electron chi connectivity index (χ3n) is 2.75. The molecule has 0 amide bonds. The normalized spacial score (nSPS) is 10.7. The van der Waals surface area contributed by atoms with Crippen molar-refractivity contribution in [3.05, 3.63) is 57.6 Å². The van der Waals surface area contributed by atoms with Crippen LogP contribution in [0.3, 0.4) is 0 Å². The highest BCUT2D eigenvalue weighted by Crippen LogP contribution is 2.23. The maximum atomic E-state index is 11.6. The monoisotopic (exact) mass is 300 g/mol. The molecule has 0 bridgehead atoms. The zero-order chi connectivity index (χ0) is 16.3. The minimum absolute atomic E-state index is 0.0164. The molecule has 0 aliphatic rings. The largest absolute Gasteiger partial charge is 0.872 e. The molecule has 0 saturated heterocycles. The molecule has 0 fully saturated rings. The van der Waals surface area contributed by atoms with Crippen LogP contribution in [0.25, 0.3) is 0 Å². The van der Waals surface area contributed by atoms with E-state index in [0.717, 1.165) is 36.5 Å². The van der Waals surface area contributed by atoms with Crippen LogP contribution in [0, 0.1) is 10.1 Å². The number of nitrogens with zero attached hydrogens (tertiary/aromatic N) is 2. The molecule has 0 atom stereocenters. The van der Waals surface area contributed by atoms with E-state index in [1.165, 1.54) is 6.07 Å². The molecule has 22 heavy (non-hydrogen) atoms. The maximum Gasteiger partial charge on any atom is 0.335 e. The Bertz CT molecular complexity index is 785. The smallest absolute Gasteiger partial charge is 0.335 e. The summed E-state index contributed by atoms with van der Waals surface area (Å²) >= 11 is 0. The van der Waals surface area contributed by atoms with Crippen molar-refractivity contribution in [2.75, 3.05) is 0 Å². The molecule has 0 heterocycles. The highest BCUT2D eigenvalue weighted by molar-refractivity contribution is 5.92. The number of non-ortho nitro benzene ring substituents is 1. The van der Waals surface area contributed by atoms with E-state index in [4.69, 9.17) is 5.11 Å². The highest BCUT2D eigenvalue weighted by Gasteiger charge is 2.06. The van der Waals surface area contributed by atoms with Gasteiger partial charge < -0.3 is 15.3 Å². The van der Waals surface area contributed by atoms with Gasteiger partial charge in [-0.05, 0) is 17.7 Å². The highest BCUT2D eigenvalue weighted by atomic mass is 16.6. The molecule has 1 N–H and O–H groups in total.